The first-order chi connectivity index (χ1) is 29.1. The monoisotopic (exact) mass is 754 g/mol. The van der Waals surface area contributed by atoms with Gasteiger partial charge in [0, 0.05) is 63.2 Å². The van der Waals surface area contributed by atoms with Gasteiger partial charge in [-0.25, -0.2) is 0 Å². The van der Waals surface area contributed by atoms with Crippen molar-refractivity contribution >= 4 is 65.2 Å². The quantitative estimate of drug-likeness (QED) is 0.159. The standard InChI is InChI=1S/C57H42N2/c1-58-51-30-7-4-17-38(51)45-26-14-24-43(55(45)58)35-19-11-21-40-48(35)34-49-36(44-25-15-27-46-39-18-5-8-31-52(39)59(2)56(44)46)20-12-22-41(49)53(40)47-28-13-23-42-37-16-3-6-29-50(37)57(54(42)47)32-9-10-33-57/h3-8,11-31,34H,9-10,32-33H2,1-2H3. The Hall–Kier alpha value is -6.90. The fourth-order valence-corrected chi connectivity index (χ4v) is 12.1. The van der Waals surface area contributed by atoms with Crippen LogP contribution in [0.25, 0.3) is 110 Å². The molecule has 2 heteroatoms. The molecule has 2 heterocycles. The van der Waals surface area contributed by atoms with Crippen LogP contribution in [0.2, 0.25) is 0 Å². The zero-order valence-corrected chi connectivity index (χ0v) is 33.4. The van der Waals surface area contributed by atoms with E-state index in [2.05, 4.69) is 193 Å². The summed E-state index contributed by atoms with van der Waals surface area (Å²) in [6.07, 6.45) is 4.91. The van der Waals surface area contributed by atoms with Crippen LogP contribution in [0.15, 0.2) is 170 Å². The number of aryl methyl sites for hydroxylation is 2. The molecule has 2 aliphatic rings. The molecule has 2 aromatic heterocycles. The van der Waals surface area contributed by atoms with Gasteiger partial charge in [0.25, 0.3) is 0 Å². The van der Waals surface area contributed by atoms with Crippen LogP contribution in [0.4, 0.5) is 0 Å². The summed E-state index contributed by atoms with van der Waals surface area (Å²) >= 11 is 0. The molecule has 13 rings (SSSR count). The van der Waals surface area contributed by atoms with Crippen molar-refractivity contribution in [2.45, 2.75) is 31.1 Å². The molecule has 9 aromatic carbocycles. The fourth-order valence-electron chi connectivity index (χ4n) is 12.1. The molecule has 1 fully saturated rings. The minimum absolute atomic E-state index is 0.0235. The fraction of sp³-hybridized carbons (Fsp3) is 0.123. The van der Waals surface area contributed by atoms with Crippen molar-refractivity contribution in [1.29, 1.82) is 0 Å². The van der Waals surface area contributed by atoms with Crippen LogP contribution >= 0.6 is 0 Å². The molecule has 2 aliphatic carbocycles. The predicted octanol–water partition coefficient (Wildman–Crippen LogP) is 15.1. The third-order valence-corrected chi connectivity index (χ3v) is 14.5. The van der Waals surface area contributed by atoms with Gasteiger partial charge in [0.05, 0.1) is 11.0 Å². The van der Waals surface area contributed by atoms with Crippen molar-refractivity contribution < 1.29 is 0 Å². The van der Waals surface area contributed by atoms with Gasteiger partial charge in [0.15, 0.2) is 0 Å². The number of para-hydroxylation sites is 4. The summed E-state index contributed by atoms with van der Waals surface area (Å²) < 4.78 is 4.80. The largest absolute Gasteiger partial charge is 0.343 e. The van der Waals surface area contributed by atoms with E-state index in [-0.39, 0.29) is 5.41 Å². The Bertz CT molecular complexity index is 3410. The first kappa shape index (κ1) is 33.1. The molecule has 0 saturated heterocycles. The molecular formula is C57H42N2. The molecule has 0 bridgehead atoms. The SMILES string of the molecule is Cn1c2ccccc2c2cccc(-c3cccc4c(-c5cccc6c5C5(CCCC5)c5ccccc5-6)c5cccc(-c6cccc7c8ccccc8n(C)c67)c5cc34)c21. The van der Waals surface area contributed by atoms with Crippen molar-refractivity contribution in [2.75, 3.05) is 0 Å². The number of rotatable bonds is 3. The van der Waals surface area contributed by atoms with Crippen LogP contribution in [-0.2, 0) is 19.5 Å². The van der Waals surface area contributed by atoms with Gasteiger partial charge < -0.3 is 9.13 Å². The van der Waals surface area contributed by atoms with E-state index in [4.69, 9.17) is 0 Å². The molecule has 0 aliphatic heterocycles. The van der Waals surface area contributed by atoms with E-state index in [0.717, 1.165) is 0 Å². The van der Waals surface area contributed by atoms with Crippen molar-refractivity contribution in [3.8, 4) is 44.5 Å². The molecule has 1 saturated carbocycles. The van der Waals surface area contributed by atoms with Crippen LogP contribution in [0, 0.1) is 0 Å². The summed E-state index contributed by atoms with van der Waals surface area (Å²) in [7, 11) is 4.46. The van der Waals surface area contributed by atoms with E-state index >= 15 is 0 Å². The number of aromatic nitrogens is 2. The topological polar surface area (TPSA) is 9.86 Å². The molecule has 11 aromatic rings. The molecule has 280 valence electrons. The summed E-state index contributed by atoms with van der Waals surface area (Å²) in [6, 6.07) is 64.6. The number of fused-ring (bicyclic) bond motifs is 13. The molecule has 59 heavy (non-hydrogen) atoms. The van der Waals surface area contributed by atoms with E-state index in [9.17, 15) is 0 Å². The Labute approximate surface area is 343 Å². The zero-order valence-electron chi connectivity index (χ0n) is 33.4. The van der Waals surface area contributed by atoms with Gasteiger partial charge in [-0.1, -0.05) is 165 Å². The van der Waals surface area contributed by atoms with E-state index in [1.807, 2.05) is 0 Å². The van der Waals surface area contributed by atoms with E-state index in [0.29, 0.717) is 0 Å². The van der Waals surface area contributed by atoms with Gasteiger partial charge >= 0.3 is 0 Å². The van der Waals surface area contributed by atoms with Gasteiger partial charge in [0.1, 0.15) is 0 Å². The summed E-state index contributed by atoms with van der Waals surface area (Å²) in [5.74, 6) is 0. The van der Waals surface area contributed by atoms with E-state index in [1.165, 1.54) is 146 Å². The second-order valence-electron chi connectivity index (χ2n) is 17.2. The Morgan fingerprint density at radius 2 is 0.780 bits per heavy atom. The Morgan fingerprint density at radius 3 is 1.37 bits per heavy atom. The summed E-state index contributed by atoms with van der Waals surface area (Å²) in [6.45, 7) is 0. The first-order valence-electron chi connectivity index (χ1n) is 21.3. The minimum Gasteiger partial charge on any atom is -0.343 e. The number of hydrogen-bond acceptors (Lipinski definition) is 0. The number of benzene rings is 9. The van der Waals surface area contributed by atoms with Gasteiger partial charge in [-0.05, 0) is 97.1 Å². The third-order valence-electron chi connectivity index (χ3n) is 14.5. The van der Waals surface area contributed by atoms with E-state index in [1.54, 1.807) is 0 Å². The average molecular weight is 755 g/mol. The molecule has 2 nitrogen and oxygen atoms in total. The zero-order chi connectivity index (χ0) is 39.0. The van der Waals surface area contributed by atoms with Crippen LogP contribution < -0.4 is 0 Å². The highest BCUT2D eigenvalue weighted by Crippen LogP contribution is 2.60. The highest BCUT2D eigenvalue weighted by Gasteiger charge is 2.46. The van der Waals surface area contributed by atoms with Gasteiger partial charge in [-0.15, -0.1) is 0 Å². The molecule has 0 unspecified atom stereocenters. The van der Waals surface area contributed by atoms with Crippen molar-refractivity contribution in [3.63, 3.8) is 0 Å². The molecule has 0 N–H and O–H groups in total. The van der Waals surface area contributed by atoms with E-state index < -0.39 is 0 Å². The maximum Gasteiger partial charge on any atom is 0.0568 e. The lowest BCUT2D eigenvalue weighted by molar-refractivity contribution is 0.551. The highest BCUT2D eigenvalue weighted by molar-refractivity contribution is 6.23. The van der Waals surface area contributed by atoms with Crippen LogP contribution in [-0.4, -0.2) is 9.13 Å². The van der Waals surface area contributed by atoms with Gasteiger partial charge in [-0.3, -0.25) is 0 Å². The summed E-state index contributed by atoms with van der Waals surface area (Å²) in [5.41, 5.74) is 18.8. The minimum atomic E-state index is 0.0235. The lowest BCUT2D eigenvalue weighted by atomic mass is 9.73. The van der Waals surface area contributed by atoms with Crippen molar-refractivity contribution in [1.82, 2.24) is 9.13 Å². The second-order valence-corrected chi connectivity index (χ2v) is 17.2. The Balaban J connectivity index is 1.19. The van der Waals surface area contributed by atoms with Crippen molar-refractivity contribution in [2.24, 2.45) is 14.1 Å². The predicted molar refractivity (Wildman–Crippen MR) is 250 cm³/mol. The number of nitrogens with zero attached hydrogens (tertiary/aromatic N) is 2. The maximum atomic E-state index is 2.53. The molecule has 0 radical (unpaired) electrons. The lowest BCUT2D eigenvalue weighted by Crippen LogP contribution is -2.21. The third kappa shape index (κ3) is 4.31. The van der Waals surface area contributed by atoms with Crippen molar-refractivity contribution in [3.05, 3.63) is 181 Å². The average Bonchev–Trinajstić information content (AvgIpc) is 4.05. The molecule has 0 amide bonds. The van der Waals surface area contributed by atoms with Gasteiger partial charge in [0.2, 0.25) is 0 Å². The summed E-state index contributed by atoms with van der Waals surface area (Å²) in [5, 5.41) is 10.4. The molecule has 1 spiro atoms. The summed E-state index contributed by atoms with van der Waals surface area (Å²) in [4.78, 5) is 0. The maximum absolute atomic E-state index is 2.53. The number of hydrogen-bond donors (Lipinski definition) is 0. The van der Waals surface area contributed by atoms with Gasteiger partial charge in [-0.2, -0.15) is 0 Å². The normalized spacial score (nSPS) is 14.5. The lowest BCUT2D eigenvalue weighted by Gasteiger charge is -2.30. The highest BCUT2D eigenvalue weighted by atomic mass is 14.9. The second kappa shape index (κ2) is 12.1. The van der Waals surface area contributed by atoms with Crippen LogP contribution in [0.5, 0.6) is 0 Å². The Morgan fingerprint density at radius 1 is 0.356 bits per heavy atom. The van der Waals surface area contributed by atoms with Crippen LogP contribution in [0.1, 0.15) is 36.8 Å². The molecule has 0 atom stereocenters. The first-order valence-corrected chi connectivity index (χ1v) is 21.3. The van der Waals surface area contributed by atoms with Crippen LogP contribution in [0.3, 0.4) is 0 Å². The smallest absolute Gasteiger partial charge is 0.0568 e. The molecular weight excluding hydrogens is 713 g/mol. The Kier molecular flexibility index (Phi) is 6.77.